The van der Waals surface area contributed by atoms with Crippen molar-refractivity contribution in [2.45, 2.75) is 12.3 Å². The third-order valence-electron chi connectivity index (χ3n) is 5.84. The molecule has 1 heterocycles. The summed E-state index contributed by atoms with van der Waals surface area (Å²) in [5, 5.41) is 4.27. The van der Waals surface area contributed by atoms with Crippen LogP contribution in [-0.2, 0) is 11.2 Å². The highest BCUT2D eigenvalue weighted by Crippen LogP contribution is 2.40. The number of ether oxygens (including phenoxy) is 3. The van der Waals surface area contributed by atoms with Crippen molar-refractivity contribution >= 4 is 16.8 Å². The van der Waals surface area contributed by atoms with Gasteiger partial charge in [-0.15, -0.1) is 0 Å². The molecule has 0 aliphatic heterocycles. The molecule has 0 aliphatic rings. The Morgan fingerprint density at radius 2 is 1.61 bits per heavy atom. The van der Waals surface area contributed by atoms with Crippen LogP contribution in [0.3, 0.4) is 0 Å². The van der Waals surface area contributed by atoms with Gasteiger partial charge in [-0.25, -0.2) is 0 Å². The first-order valence-corrected chi connectivity index (χ1v) is 10.8. The van der Waals surface area contributed by atoms with Gasteiger partial charge in [0.2, 0.25) is 11.7 Å². The maximum atomic E-state index is 13.0. The molecule has 170 valence electrons. The summed E-state index contributed by atoms with van der Waals surface area (Å²) in [4.78, 5) is 16.3. The predicted octanol–water partition coefficient (Wildman–Crippen LogP) is 4.68. The zero-order valence-corrected chi connectivity index (χ0v) is 19.1. The second-order valence-corrected chi connectivity index (χ2v) is 7.73. The molecule has 4 rings (SSSR count). The molecule has 2 N–H and O–H groups in total. The molecular weight excluding hydrogens is 416 g/mol. The highest BCUT2D eigenvalue weighted by Gasteiger charge is 2.21. The fourth-order valence-corrected chi connectivity index (χ4v) is 4.23. The molecule has 1 aromatic heterocycles. The summed E-state index contributed by atoms with van der Waals surface area (Å²) >= 11 is 0. The van der Waals surface area contributed by atoms with Crippen LogP contribution in [0.4, 0.5) is 0 Å². The van der Waals surface area contributed by atoms with E-state index in [4.69, 9.17) is 14.2 Å². The summed E-state index contributed by atoms with van der Waals surface area (Å²) in [5.74, 6) is 1.45. The molecule has 0 saturated carbocycles. The lowest BCUT2D eigenvalue weighted by atomic mass is 9.91. The lowest BCUT2D eigenvalue weighted by molar-refractivity contribution is -0.120. The minimum Gasteiger partial charge on any atom is -0.493 e. The Labute approximate surface area is 193 Å². The van der Waals surface area contributed by atoms with Gasteiger partial charge in [0, 0.05) is 35.1 Å². The van der Waals surface area contributed by atoms with Crippen LogP contribution in [0.2, 0.25) is 0 Å². The Hall–Kier alpha value is -3.93. The van der Waals surface area contributed by atoms with E-state index in [0.717, 1.165) is 27.6 Å². The summed E-state index contributed by atoms with van der Waals surface area (Å²) in [6.45, 7) is 0.473. The number of benzene rings is 3. The van der Waals surface area contributed by atoms with Gasteiger partial charge in [0.05, 0.1) is 27.8 Å². The van der Waals surface area contributed by atoms with Gasteiger partial charge < -0.3 is 24.5 Å². The van der Waals surface area contributed by atoms with Gasteiger partial charge in [-0.05, 0) is 23.3 Å². The topological polar surface area (TPSA) is 72.6 Å². The molecule has 0 saturated heterocycles. The van der Waals surface area contributed by atoms with Gasteiger partial charge in [0.1, 0.15) is 0 Å². The molecule has 0 spiro atoms. The summed E-state index contributed by atoms with van der Waals surface area (Å²) in [5.41, 5.74) is 4.11. The third kappa shape index (κ3) is 4.65. The Morgan fingerprint density at radius 1 is 0.879 bits per heavy atom. The fraction of sp³-hybridized carbons (Fsp3) is 0.222. The van der Waals surface area contributed by atoms with E-state index in [1.807, 2.05) is 42.6 Å². The van der Waals surface area contributed by atoms with Crippen LogP contribution in [0, 0.1) is 0 Å². The Morgan fingerprint density at radius 3 is 2.33 bits per heavy atom. The van der Waals surface area contributed by atoms with E-state index in [9.17, 15) is 4.79 Å². The van der Waals surface area contributed by atoms with Crippen molar-refractivity contribution in [2.24, 2.45) is 0 Å². The van der Waals surface area contributed by atoms with Crippen LogP contribution in [0.25, 0.3) is 10.9 Å². The summed E-state index contributed by atoms with van der Waals surface area (Å²) < 4.78 is 16.3. The normalized spacial score (nSPS) is 11.7. The summed E-state index contributed by atoms with van der Waals surface area (Å²) in [6.07, 6.45) is 2.20. The number of fused-ring (bicyclic) bond motifs is 1. The molecule has 0 bridgehead atoms. The standard InChI is InChI=1S/C27H28N2O4/c1-31-24-14-13-19(26(32-2)27(24)33-3)15-25(30)29-16-21(18-9-5-4-6-10-18)22-17-28-23-12-8-7-11-20(22)23/h4-14,17,21,28H,15-16H2,1-3H3,(H,29,30). The van der Waals surface area contributed by atoms with E-state index in [1.54, 1.807) is 27.4 Å². The van der Waals surface area contributed by atoms with Crippen molar-refractivity contribution in [1.82, 2.24) is 10.3 Å². The van der Waals surface area contributed by atoms with Crippen molar-refractivity contribution in [3.05, 3.63) is 89.6 Å². The minimum absolute atomic E-state index is 0.0126. The zero-order chi connectivity index (χ0) is 23.2. The molecular formula is C27H28N2O4. The second-order valence-electron chi connectivity index (χ2n) is 7.73. The number of carbonyl (C=O) groups excluding carboxylic acids is 1. The number of amides is 1. The quantitative estimate of drug-likeness (QED) is 0.393. The van der Waals surface area contributed by atoms with Crippen molar-refractivity contribution in [1.29, 1.82) is 0 Å². The average molecular weight is 445 g/mol. The largest absolute Gasteiger partial charge is 0.493 e. The number of nitrogens with one attached hydrogen (secondary N) is 2. The number of hydrogen-bond acceptors (Lipinski definition) is 4. The first-order chi connectivity index (χ1) is 16.2. The number of H-pyrrole nitrogens is 1. The van der Waals surface area contributed by atoms with E-state index in [1.165, 1.54) is 0 Å². The third-order valence-corrected chi connectivity index (χ3v) is 5.84. The van der Waals surface area contributed by atoms with Crippen LogP contribution in [0.15, 0.2) is 72.9 Å². The first-order valence-electron chi connectivity index (χ1n) is 10.8. The van der Waals surface area contributed by atoms with Crippen LogP contribution in [-0.4, -0.2) is 38.8 Å². The van der Waals surface area contributed by atoms with Crippen molar-refractivity contribution in [3.8, 4) is 17.2 Å². The molecule has 1 amide bonds. The number of para-hydroxylation sites is 1. The molecule has 6 nitrogen and oxygen atoms in total. The molecule has 33 heavy (non-hydrogen) atoms. The van der Waals surface area contributed by atoms with E-state index in [0.29, 0.717) is 23.8 Å². The van der Waals surface area contributed by atoms with Gasteiger partial charge in [-0.1, -0.05) is 54.6 Å². The Balaban J connectivity index is 1.56. The molecule has 1 unspecified atom stereocenters. The number of hydrogen-bond donors (Lipinski definition) is 2. The van der Waals surface area contributed by atoms with Crippen molar-refractivity contribution in [2.75, 3.05) is 27.9 Å². The van der Waals surface area contributed by atoms with Crippen LogP contribution >= 0.6 is 0 Å². The van der Waals surface area contributed by atoms with Crippen LogP contribution in [0.1, 0.15) is 22.6 Å². The maximum Gasteiger partial charge on any atom is 0.224 e. The van der Waals surface area contributed by atoms with Gasteiger partial charge >= 0.3 is 0 Å². The maximum absolute atomic E-state index is 13.0. The predicted molar refractivity (Wildman–Crippen MR) is 129 cm³/mol. The van der Waals surface area contributed by atoms with Crippen LogP contribution in [0.5, 0.6) is 17.2 Å². The fourth-order valence-electron chi connectivity index (χ4n) is 4.23. The molecule has 6 heteroatoms. The highest BCUT2D eigenvalue weighted by molar-refractivity contribution is 5.84. The Kier molecular flexibility index (Phi) is 6.83. The van der Waals surface area contributed by atoms with Crippen molar-refractivity contribution in [3.63, 3.8) is 0 Å². The number of aromatic amines is 1. The Bertz CT molecular complexity index is 1230. The lowest BCUT2D eigenvalue weighted by Gasteiger charge is -2.19. The van der Waals surface area contributed by atoms with Crippen LogP contribution < -0.4 is 19.5 Å². The van der Waals surface area contributed by atoms with Gasteiger partial charge in [-0.3, -0.25) is 4.79 Å². The molecule has 4 aromatic rings. The average Bonchev–Trinajstić information content (AvgIpc) is 3.28. The zero-order valence-electron chi connectivity index (χ0n) is 19.1. The lowest BCUT2D eigenvalue weighted by Crippen LogP contribution is -2.30. The minimum atomic E-state index is -0.0960. The second kappa shape index (κ2) is 10.1. The van der Waals surface area contributed by atoms with E-state index in [-0.39, 0.29) is 18.2 Å². The first kappa shape index (κ1) is 22.3. The van der Waals surface area contributed by atoms with Crippen molar-refractivity contribution < 1.29 is 19.0 Å². The monoisotopic (exact) mass is 444 g/mol. The number of rotatable bonds is 9. The number of methoxy groups -OCH3 is 3. The van der Waals surface area contributed by atoms with E-state index >= 15 is 0 Å². The molecule has 0 fully saturated rings. The molecule has 0 aliphatic carbocycles. The van der Waals surface area contributed by atoms with Gasteiger partial charge in [-0.2, -0.15) is 0 Å². The van der Waals surface area contributed by atoms with Gasteiger partial charge in [0.15, 0.2) is 11.5 Å². The summed E-state index contributed by atoms with van der Waals surface area (Å²) in [6, 6.07) is 22.0. The highest BCUT2D eigenvalue weighted by atomic mass is 16.5. The molecule has 1 atom stereocenters. The van der Waals surface area contributed by atoms with E-state index in [2.05, 4.69) is 34.6 Å². The smallest absolute Gasteiger partial charge is 0.224 e. The SMILES string of the molecule is COc1ccc(CC(=O)NCC(c2ccccc2)c2c[nH]c3ccccc23)c(OC)c1OC. The molecule has 0 radical (unpaired) electrons. The number of aromatic nitrogens is 1. The van der Waals surface area contributed by atoms with Gasteiger partial charge in [0.25, 0.3) is 0 Å². The summed E-state index contributed by atoms with van der Waals surface area (Å²) in [7, 11) is 4.68. The molecule has 3 aromatic carbocycles. The van der Waals surface area contributed by atoms with E-state index < -0.39 is 0 Å². The number of carbonyl (C=O) groups is 1.